The second-order valence-electron chi connectivity index (χ2n) is 7.55. The molecule has 9 heteroatoms. The van der Waals surface area contributed by atoms with Crippen LogP contribution in [0.1, 0.15) is 30.6 Å². The Morgan fingerprint density at radius 2 is 1.72 bits per heavy atom. The molecule has 1 saturated heterocycles. The summed E-state index contributed by atoms with van der Waals surface area (Å²) >= 11 is 0. The maximum atomic E-state index is 12.9. The number of carbonyl (C=O) groups is 1. The van der Waals surface area contributed by atoms with Gasteiger partial charge in [-0.15, -0.1) is 0 Å². The lowest BCUT2D eigenvalue weighted by Gasteiger charge is -2.34. The number of anilines is 1. The smallest absolute Gasteiger partial charge is 0.271 e. The van der Waals surface area contributed by atoms with E-state index in [9.17, 15) is 23.3 Å². The molecular formula is C20H23N3O5S. The molecule has 0 spiro atoms. The number of carbonyl (C=O) groups excluding carboxylic acids is 1. The minimum atomic E-state index is -3.62. The van der Waals surface area contributed by atoms with E-state index < -0.39 is 20.9 Å². The first-order chi connectivity index (χ1) is 13.7. The standard InChI is InChI=1S/C20H23N3O5S/c1-14-10-15(2)13-22(12-14)29(27,28)19-8-6-16(7-9-19)20(24)21-17-4-3-5-18(11-17)23(25)26/h3-9,11,14-15H,10,12-13H2,1-2H3,(H,21,24). The van der Waals surface area contributed by atoms with Crippen molar-refractivity contribution in [2.75, 3.05) is 18.4 Å². The Balaban J connectivity index is 1.75. The van der Waals surface area contributed by atoms with Gasteiger partial charge >= 0.3 is 0 Å². The van der Waals surface area contributed by atoms with E-state index in [4.69, 9.17) is 0 Å². The van der Waals surface area contributed by atoms with Gasteiger partial charge in [0.1, 0.15) is 0 Å². The predicted octanol–water partition coefficient (Wildman–Crippen LogP) is 3.51. The van der Waals surface area contributed by atoms with Crippen LogP contribution < -0.4 is 5.32 Å². The summed E-state index contributed by atoms with van der Waals surface area (Å²) in [7, 11) is -3.62. The second kappa shape index (κ2) is 8.30. The zero-order valence-corrected chi connectivity index (χ0v) is 17.1. The first-order valence-electron chi connectivity index (χ1n) is 9.33. The molecule has 1 amide bonds. The Morgan fingerprint density at radius 1 is 1.10 bits per heavy atom. The van der Waals surface area contributed by atoms with Gasteiger partial charge < -0.3 is 5.32 Å². The van der Waals surface area contributed by atoms with E-state index in [1.54, 1.807) is 6.07 Å². The van der Waals surface area contributed by atoms with Gasteiger partial charge in [0.05, 0.1) is 9.82 Å². The molecule has 2 aromatic rings. The Labute approximate surface area is 169 Å². The van der Waals surface area contributed by atoms with Gasteiger partial charge in [-0.2, -0.15) is 4.31 Å². The molecule has 3 rings (SSSR count). The largest absolute Gasteiger partial charge is 0.322 e. The third kappa shape index (κ3) is 4.80. The van der Waals surface area contributed by atoms with E-state index in [2.05, 4.69) is 5.32 Å². The predicted molar refractivity (Wildman–Crippen MR) is 109 cm³/mol. The van der Waals surface area contributed by atoms with Crippen molar-refractivity contribution in [1.82, 2.24) is 4.31 Å². The van der Waals surface area contributed by atoms with Crippen LogP contribution in [0, 0.1) is 22.0 Å². The van der Waals surface area contributed by atoms with Crippen LogP contribution in [0.2, 0.25) is 0 Å². The summed E-state index contributed by atoms with van der Waals surface area (Å²) < 4.78 is 27.3. The van der Waals surface area contributed by atoms with E-state index in [1.165, 1.54) is 46.8 Å². The molecule has 1 aliphatic rings. The Kier molecular flexibility index (Phi) is 5.99. The van der Waals surface area contributed by atoms with E-state index in [0.29, 0.717) is 24.9 Å². The fraction of sp³-hybridized carbons (Fsp3) is 0.350. The van der Waals surface area contributed by atoms with Crippen molar-refractivity contribution in [2.45, 2.75) is 25.2 Å². The zero-order valence-electron chi connectivity index (χ0n) is 16.2. The summed E-state index contributed by atoms with van der Waals surface area (Å²) in [6.07, 6.45) is 1.00. The molecule has 1 N–H and O–H groups in total. The van der Waals surface area contributed by atoms with Crippen LogP contribution in [0.25, 0.3) is 0 Å². The SMILES string of the molecule is CC1CC(C)CN(S(=O)(=O)c2ccc(C(=O)Nc3cccc([N+](=O)[O-])c3)cc2)C1. The number of rotatable bonds is 5. The molecule has 0 aliphatic carbocycles. The average molecular weight is 417 g/mol. The van der Waals surface area contributed by atoms with Crippen molar-refractivity contribution in [3.05, 3.63) is 64.2 Å². The molecule has 2 atom stereocenters. The minimum absolute atomic E-state index is 0.130. The summed E-state index contributed by atoms with van der Waals surface area (Å²) in [5, 5.41) is 13.4. The third-order valence-corrected chi connectivity index (χ3v) is 6.75. The maximum Gasteiger partial charge on any atom is 0.271 e. The summed E-state index contributed by atoms with van der Waals surface area (Å²) in [5.41, 5.74) is 0.419. The number of nitro groups is 1. The molecule has 1 heterocycles. The molecule has 1 aliphatic heterocycles. The molecular weight excluding hydrogens is 394 g/mol. The highest BCUT2D eigenvalue weighted by atomic mass is 32.2. The van der Waals surface area contributed by atoms with E-state index in [-0.39, 0.29) is 21.8 Å². The van der Waals surface area contributed by atoms with E-state index in [1.807, 2.05) is 13.8 Å². The summed E-state index contributed by atoms with van der Waals surface area (Å²) in [4.78, 5) is 22.8. The van der Waals surface area contributed by atoms with Crippen molar-refractivity contribution < 1.29 is 18.1 Å². The van der Waals surface area contributed by atoms with Gasteiger partial charge in [-0.05, 0) is 48.6 Å². The number of hydrogen-bond donors (Lipinski definition) is 1. The van der Waals surface area contributed by atoms with Gasteiger partial charge in [-0.1, -0.05) is 19.9 Å². The van der Waals surface area contributed by atoms with Crippen molar-refractivity contribution in [3.8, 4) is 0 Å². The molecule has 2 aromatic carbocycles. The number of hydrogen-bond acceptors (Lipinski definition) is 5. The molecule has 8 nitrogen and oxygen atoms in total. The van der Waals surface area contributed by atoms with Crippen LogP contribution in [0.15, 0.2) is 53.4 Å². The van der Waals surface area contributed by atoms with Gasteiger partial charge in [-0.3, -0.25) is 14.9 Å². The van der Waals surface area contributed by atoms with Crippen LogP contribution in [-0.4, -0.2) is 36.6 Å². The molecule has 0 saturated carbocycles. The van der Waals surface area contributed by atoms with Crippen LogP contribution in [0.3, 0.4) is 0 Å². The van der Waals surface area contributed by atoms with Crippen LogP contribution >= 0.6 is 0 Å². The van der Waals surface area contributed by atoms with Gasteiger partial charge in [0, 0.05) is 36.5 Å². The molecule has 154 valence electrons. The summed E-state index contributed by atoms with van der Waals surface area (Å²) in [6.45, 7) is 5.06. The lowest BCUT2D eigenvalue weighted by molar-refractivity contribution is -0.384. The molecule has 0 bridgehead atoms. The van der Waals surface area contributed by atoms with Gasteiger partial charge in [0.15, 0.2) is 0 Å². The normalized spacial score (nSPS) is 20.2. The fourth-order valence-electron chi connectivity index (χ4n) is 3.63. The summed E-state index contributed by atoms with van der Waals surface area (Å²) in [5.74, 6) is 0.122. The van der Waals surface area contributed by atoms with Crippen LogP contribution in [0.4, 0.5) is 11.4 Å². The maximum absolute atomic E-state index is 12.9. The van der Waals surface area contributed by atoms with E-state index in [0.717, 1.165) is 6.42 Å². The highest BCUT2D eigenvalue weighted by Gasteiger charge is 2.31. The number of sulfonamides is 1. The summed E-state index contributed by atoms with van der Waals surface area (Å²) in [6, 6.07) is 11.3. The van der Waals surface area contributed by atoms with Gasteiger partial charge in [0.25, 0.3) is 11.6 Å². The fourth-order valence-corrected chi connectivity index (χ4v) is 5.31. The Morgan fingerprint density at radius 3 is 2.31 bits per heavy atom. The molecule has 2 unspecified atom stereocenters. The topological polar surface area (TPSA) is 110 Å². The van der Waals surface area contributed by atoms with E-state index >= 15 is 0 Å². The lowest BCUT2D eigenvalue weighted by atomic mass is 9.94. The minimum Gasteiger partial charge on any atom is -0.322 e. The quantitative estimate of drug-likeness (QED) is 0.591. The number of piperidine rings is 1. The third-order valence-electron chi connectivity index (χ3n) is 4.90. The highest BCUT2D eigenvalue weighted by Crippen LogP contribution is 2.27. The van der Waals surface area contributed by atoms with Crippen molar-refractivity contribution in [2.24, 2.45) is 11.8 Å². The number of benzene rings is 2. The number of nitro benzene ring substituents is 1. The second-order valence-corrected chi connectivity index (χ2v) is 9.49. The van der Waals surface area contributed by atoms with Crippen molar-refractivity contribution in [1.29, 1.82) is 0 Å². The Bertz CT molecular complexity index is 1010. The molecule has 0 radical (unpaired) electrons. The first kappa shape index (κ1) is 20.9. The van der Waals surface area contributed by atoms with Gasteiger partial charge in [0.2, 0.25) is 10.0 Å². The van der Waals surface area contributed by atoms with Crippen molar-refractivity contribution in [3.63, 3.8) is 0 Å². The van der Waals surface area contributed by atoms with Gasteiger partial charge in [-0.25, -0.2) is 8.42 Å². The average Bonchev–Trinajstić information content (AvgIpc) is 2.67. The van der Waals surface area contributed by atoms with Crippen LogP contribution in [0.5, 0.6) is 0 Å². The number of non-ortho nitro benzene ring substituents is 1. The van der Waals surface area contributed by atoms with Crippen LogP contribution in [-0.2, 0) is 10.0 Å². The first-order valence-corrected chi connectivity index (χ1v) is 10.8. The number of amides is 1. The number of nitrogens with zero attached hydrogens (tertiary/aromatic N) is 2. The molecule has 0 aromatic heterocycles. The molecule has 1 fully saturated rings. The Hall–Kier alpha value is -2.78. The molecule has 29 heavy (non-hydrogen) atoms. The monoisotopic (exact) mass is 417 g/mol. The lowest BCUT2D eigenvalue weighted by Crippen LogP contribution is -2.42. The van der Waals surface area contributed by atoms with Crippen molar-refractivity contribution >= 4 is 27.3 Å². The number of nitrogens with one attached hydrogen (secondary N) is 1. The zero-order chi connectivity index (χ0) is 21.2. The highest BCUT2D eigenvalue weighted by molar-refractivity contribution is 7.89.